The number of allylic oxidation sites excluding steroid dienone is 1. The summed E-state index contributed by atoms with van der Waals surface area (Å²) in [4.78, 5) is 48.9. The van der Waals surface area contributed by atoms with E-state index in [0.717, 1.165) is 54.6 Å². The lowest BCUT2D eigenvalue weighted by molar-refractivity contribution is -0.121. The molecule has 4 fully saturated rings. The Bertz CT molecular complexity index is 2100. The van der Waals surface area contributed by atoms with Crippen molar-refractivity contribution in [1.82, 2.24) is 35.2 Å². The van der Waals surface area contributed by atoms with Gasteiger partial charge in [0.2, 0.25) is 5.91 Å². The highest BCUT2D eigenvalue weighted by Gasteiger charge is 2.44. The molecule has 2 atom stereocenters. The summed E-state index contributed by atoms with van der Waals surface area (Å²) in [5, 5.41) is 25.5. The van der Waals surface area contributed by atoms with Crippen LogP contribution >= 0.6 is 0 Å². The fraction of sp³-hybridized carbons (Fsp3) is 0.462. The van der Waals surface area contributed by atoms with Crippen molar-refractivity contribution >= 4 is 36.9 Å². The average molecular weight is 762 g/mol. The molecule has 2 saturated carbocycles. The molecule has 8 N–H and O–H groups in total. The lowest BCUT2D eigenvalue weighted by atomic mass is 9.82. The van der Waals surface area contributed by atoms with Gasteiger partial charge in [-0.3, -0.25) is 24.0 Å². The van der Waals surface area contributed by atoms with Crippen molar-refractivity contribution in [2.45, 2.75) is 62.8 Å². The monoisotopic (exact) mass is 761 g/mol. The summed E-state index contributed by atoms with van der Waals surface area (Å²) in [6, 6.07) is 10.7. The molecular weight excluding hydrogens is 713 g/mol. The fourth-order valence-corrected chi connectivity index (χ4v) is 7.71. The molecule has 2 radical (unpaired) electrons. The van der Waals surface area contributed by atoms with Crippen LogP contribution in [0.3, 0.4) is 0 Å². The number of aliphatic hydroxyl groups is 1. The lowest BCUT2D eigenvalue weighted by Crippen LogP contribution is -2.59. The highest BCUT2D eigenvalue weighted by atomic mass is 16.5. The molecule has 56 heavy (non-hydrogen) atoms. The van der Waals surface area contributed by atoms with Crippen molar-refractivity contribution in [3.63, 3.8) is 0 Å². The third-order valence-electron chi connectivity index (χ3n) is 11.2. The summed E-state index contributed by atoms with van der Waals surface area (Å²) in [6.45, 7) is 4.83. The van der Waals surface area contributed by atoms with Gasteiger partial charge in [0.25, 0.3) is 11.8 Å². The fourth-order valence-electron chi connectivity index (χ4n) is 7.71. The van der Waals surface area contributed by atoms with E-state index < -0.39 is 11.5 Å². The number of amides is 3. The molecule has 2 aliphatic carbocycles. The molecule has 292 valence electrons. The van der Waals surface area contributed by atoms with Gasteiger partial charge in [0.1, 0.15) is 30.7 Å². The van der Waals surface area contributed by atoms with E-state index in [2.05, 4.69) is 32.8 Å². The maximum atomic E-state index is 13.2. The largest absolute Gasteiger partial charge is 0.393 e. The maximum Gasteiger partial charge on any atom is 0.272 e. The predicted octanol–water partition coefficient (Wildman–Crippen LogP) is 1.33. The molecule has 16 nitrogen and oxygen atoms in total. The Kier molecular flexibility index (Phi) is 10.0. The van der Waals surface area contributed by atoms with E-state index >= 15 is 0 Å². The molecule has 1 aromatic carbocycles. The van der Waals surface area contributed by atoms with Crippen LogP contribution < -0.4 is 32.3 Å². The van der Waals surface area contributed by atoms with Gasteiger partial charge in [0.15, 0.2) is 0 Å². The van der Waals surface area contributed by atoms with Gasteiger partial charge in [-0.05, 0) is 50.3 Å². The number of hydrogen-bond donors (Lipinski definition) is 6. The molecule has 2 aromatic heterocycles. The second-order valence-corrected chi connectivity index (χ2v) is 15.3. The zero-order valence-electron chi connectivity index (χ0n) is 31.7. The molecule has 5 heterocycles. The maximum absolute atomic E-state index is 13.2. The third-order valence-corrected chi connectivity index (χ3v) is 11.2. The number of aromatic nitrogens is 3. The second-order valence-electron chi connectivity index (χ2n) is 15.3. The first-order valence-electron chi connectivity index (χ1n) is 19.3. The first kappa shape index (κ1) is 37.5. The number of carbonyl (C=O) groups excluding carboxylic acids is 3. The molecule has 2 saturated heterocycles. The number of hydrogen-bond acceptors (Lipinski definition) is 12. The van der Waals surface area contributed by atoms with Gasteiger partial charge in [-0.25, -0.2) is 4.98 Å². The van der Waals surface area contributed by atoms with Crippen LogP contribution in [0.1, 0.15) is 73.0 Å². The molecule has 3 aliphatic heterocycles. The number of rotatable bonds is 12. The van der Waals surface area contributed by atoms with Crippen LogP contribution in [0.5, 0.6) is 0 Å². The van der Waals surface area contributed by atoms with Crippen LogP contribution in [0, 0.1) is 5.92 Å². The topological polar surface area (TPSA) is 209 Å². The van der Waals surface area contributed by atoms with E-state index in [4.69, 9.17) is 29.1 Å². The molecule has 8 rings (SSSR count). The molecule has 2 unspecified atom stereocenters. The number of nitrogens with one attached hydrogen (secondary N) is 3. The van der Waals surface area contributed by atoms with Gasteiger partial charge >= 0.3 is 0 Å². The van der Waals surface area contributed by atoms with Crippen molar-refractivity contribution < 1.29 is 24.2 Å². The summed E-state index contributed by atoms with van der Waals surface area (Å²) in [5.74, 6) is -0.756. The normalized spacial score (nSPS) is 21.6. The van der Waals surface area contributed by atoms with Crippen molar-refractivity contribution in [3.8, 4) is 11.1 Å². The first-order valence-corrected chi connectivity index (χ1v) is 19.3. The number of para-hydroxylation sites is 1. The molecule has 17 heteroatoms. The van der Waals surface area contributed by atoms with Crippen LogP contribution in [-0.2, 0) is 20.0 Å². The minimum Gasteiger partial charge on any atom is -0.393 e. The zero-order valence-corrected chi connectivity index (χ0v) is 31.7. The van der Waals surface area contributed by atoms with Crippen LogP contribution in [0.25, 0.3) is 11.1 Å². The molecule has 3 aromatic rings. The van der Waals surface area contributed by atoms with E-state index in [0.29, 0.717) is 45.1 Å². The molecule has 0 bridgehead atoms. The summed E-state index contributed by atoms with van der Waals surface area (Å²) in [6.07, 6.45) is 7.57. The van der Waals surface area contributed by atoms with Gasteiger partial charge in [-0.2, -0.15) is 5.10 Å². The van der Waals surface area contributed by atoms with E-state index in [1.54, 1.807) is 28.0 Å². The van der Waals surface area contributed by atoms with Gasteiger partial charge in [-0.1, -0.05) is 25.1 Å². The second kappa shape index (κ2) is 14.9. The number of anilines is 2. The van der Waals surface area contributed by atoms with Crippen LogP contribution in [0.2, 0.25) is 0 Å². The minimum atomic E-state index is -1.90. The molecule has 0 spiro atoms. The number of fused-ring (bicyclic) bond motifs is 3. The molecule has 5 aliphatic rings. The van der Waals surface area contributed by atoms with Crippen molar-refractivity contribution in [2.75, 3.05) is 56.7 Å². The zero-order chi connectivity index (χ0) is 39.3. The van der Waals surface area contributed by atoms with E-state index in [1.165, 1.54) is 6.08 Å². The average Bonchev–Trinajstić information content (AvgIpc) is 4.13. The van der Waals surface area contributed by atoms with Crippen molar-refractivity contribution in [3.05, 3.63) is 83.0 Å². The number of nitrogens with two attached hydrogens (primary N) is 2. The Labute approximate surface area is 326 Å². The number of pyridine rings is 1. The van der Waals surface area contributed by atoms with Gasteiger partial charge in [0, 0.05) is 62.4 Å². The van der Waals surface area contributed by atoms with Crippen LogP contribution in [-0.4, -0.2) is 108 Å². The van der Waals surface area contributed by atoms with E-state index in [-0.39, 0.29) is 64.5 Å². The van der Waals surface area contributed by atoms with Gasteiger partial charge < -0.3 is 47.1 Å². The van der Waals surface area contributed by atoms with Gasteiger partial charge in [-0.15, -0.1) is 0 Å². The summed E-state index contributed by atoms with van der Waals surface area (Å²) in [7, 11) is 8.56. The van der Waals surface area contributed by atoms with E-state index in [9.17, 15) is 19.5 Å². The van der Waals surface area contributed by atoms with Crippen molar-refractivity contribution in [1.29, 1.82) is 0 Å². The summed E-state index contributed by atoms with van der Waals surface area (Å²) < 4.78 is 7.40. The van der Waals surface area contributed by atoms with E-state index in [1.807, 2.05) is 36.1 Å². The number of benzene rings is 1. The number of ether oxygens (including phenoxy) is 1. The number of carbonyl (C=O) groups is 3. The van der Waals surface area contributed by atoms with Crippen LogP contribution in [0.15, 0.2) is 65.9 Å². The third kappa shape index (κ3) is 7.21. The SMILES string of the molecule is [B]C(O)(c1cccc(C(=O)N2CCOCC2)n1)N1CC(n2ncc3c2C(CC)N(C)c2c(NC(/C=C(\N)NC(=O)C4CC4)=C(/N)C(=O)NC4CC4)cccc2-3)C1. The Balaban J connectivity index is 1.04. The minimum absolute atomic E-state index is 0.0443. The number of nitrogens with zero attached hydrogens (tertiary/aromatic N) is 6. The molecule has 3 amide bonds. The number of likely N-dealkylation sites (tertiary alicyclic amines) is 1. The van der Waals surface area contributed by atoms with Gasteiger partial charge in [0.05, 0.1) is 60.0 Å². The molecular formula is C39H48BN11O5. The smallest absolute Gasteiger partial charge is 0.272 e. The predicted molar refractivity (Wildman–Crippen MR) is 209 cm³/mol. The summed E-state index contributed by atoms with van der Waals surface area (Å²) in [5.41, 5.74) is 16.0. The first-order chi connectivity index (χ1) is 26.9. The Hall–Kier alpha value is -5.39. The highest BCUT2D eigenvalue weighted by Crippen LogP contribution is 2.50. The highest BCUT2D eigenvalue weighted by molar-refractivity contribution is 6.14. The Morgan fingerprint density at radius 2 is 1.79 bits per heavy atom. The summed E-state index contributed by atoms with van der Waals surface area (Å²) >= 11 is 0. The standard InChI is InChI=1S/C39H48BN11O5/c1-3-30-35-26(19-43-51(35)24-20-50(21-24)39(40,55)31-9-5-8-28(46-31)38(54)49-14-16-56-17-15-49)25-6-4-7-27(34(25)48(30)2)45-29(33(42)37(53)44-23-12-13-23)18-32(41)47-36(52)22-10-11-22/h4-9,18-19,22-24,30,45,55H,3,10-17,20-21,41-42H2,1-2H3,(H,44,53)(H,47,52)/b32-18+,33-29+. The quantitative estimate of drug-likeness (QED) is 0.0878. The Morgan fingerprint density at radius 3 is 2.48 bits per heavy atom. The lowest BCUT2D eigenvalue weighted by Gasteiger charge is -2.49. The number of morpholine rings is 1. The van der Waals surface area contributed by atoms with Crippen molar-refractivity contribution in [2.24, 2.45) is 17.4 Å². The Morgan fingerprint density at radius 1 is 1.05 bits per heavy atom. The van der Waals surface area contributed by atoms with Crippen LogP contribution in [0.4, 0.5) is 11.4 Å².